The first-order valence-electron chi connectivity index (χ1n) is 17.2. The summed E-state index contributed by atoms with van der Waals surface area (Å²) < 4.78 is 32.1. The molecule has 0 spiro atoms. The minimum Gasteiger partial charge on any atom is -0.465 e. The van der Waals surface area contributed by atoms with Crippen LogP contribution < -0.4 is 16.6 Å². The third kappa shape index (κ3) is 7.04. The van der Waals surface area contributed by atoms with Crippen molar-refractivity contribution in [3.63, 3.8) is 0 Å². The van der Waals surface area contributed by atoms with Gasteiger partial charge in [-0.25, -0.2) is 32.9 Å². The van der Waals surface area contributed by atoms with Crippen molar-refractivity contribution in [2.45, 2.75) is 70.6 Å². The molecule has 2 aromatic carbocycles. The Balaban J connectivity index is 1.16. The number of rotatable bonds is 7. The largest absolute Gasteiger partial charge is 0.465 e. The smallest absolute Gasteiger partial charge is 0.408 e. The molecule has 0 radical (unpaired) electrons. The molecule has 1 saturated carbocycles. The lowest BCUT2D eigenvalue weighted by molar-refractivity contribution is 0.0915. The number of fused-ring (bicyclic) bond motifs is 2. The van der Waals surface area contributed by atoms with Crippen LogP contribution in [0.15, 0.2) is 94.9 Å². The van der Waals surface area contributed by atoms with Gasteiger partial charge in [0, 0.05) is 36.6 Å². The number of pyridine rings is 2. The fraction of sp³-hybridized carbons (Fsp3) is 0.282. The van der Waals surface area contributed by atoms with Gasteiger partial charge in [-0.15, -0.1) is 0 Å². The van der Waals surface area contributed by atoms with Gasteiger partial charge in [0.1, 0.15) is 23.0 Å². The number of hydrogen-bond donors (Lipinski definition) is 2. The van der Waals surface area contributed by atoms with E-state index in [9.17, 15) is 33.1 Å². The number of carbonyl (C=O) groups is 2. The first kappa shape index (κ1) is 35.2. The SMILES string of the molecule is CC(C)(C)N(Cc1ccc(-c2cccc(-n3c(=O)n(C4CCC(NC(=O)c5cn6cc(F)ccc6n5)CC4)c(=O)c4cc(F)cnc43)c2)cc1)C(=O)O. The fourth-order valence-corrected chi connectivity index (χ4v) is 6.95. The normalized spacial score (nSPS) is 16.2. The van der Waals surface area contributed by atoms with Gasteiger partial charge in [0.05, 0.1) is 17.3 Å². The molecule has 6 aromatic rings. The molecule has 1 fully saturated rings. The van der Waals surface area contributed by atoms with Crippen molar-refractivity contribution in [3.8, 4) is 16.8 Å². The number of carboxylic acid groups (broad SMARTS) is 1. The predicted molar refractivity (Wildman–Crippen MR) is 194 cm³/mol. The zero-order valence-corrected chi connectivity index (χ0v) is 29.3. The Kier molecular flexibility index (Phi) is 9.14. The number of amides is 2. The van der Waals surface area contributed by atoms with E-state index in [-0.39, 0.29) is 29.3 Å². The first-order valence-corrected chi connectivity index (χ1v) is 17.2. The Morgan fingerprint density at radius 2 is 1.66 bits per heavy atom. The molecule has 53 heavy (non-hydrogen) atoms. The van der Waals surface area contributed by atoms with Crippen LogP contribution in [0.3, 0.4) is 0 Å². The van der Waals surface area contributed by atoms with Gasteiger partial charge < -0.3 is 14.8 Å². The summed E-state index contributed by atoms with van der Waals surface area (Å²) in [5.41, 5.74) is 1.56. The number of nitrogens with one attached hydrogen (secondary N) is 1. The summed E-state index contributed by atoms with van der Waals surface area (Å²) in [6.07, 6.45) is 4.37. The van der Waals surface area contributed by atoms with Crippen LogP contribution in [0.25, 0.3) is 33.5 Å². The Hall–Kier alpha value is -6.18. The third-order valence-corrected chi connectivity index (χ3v) is 9.71. The third-order valence-electron chi connectivity index (χ3n) is 9.71. The molecule has 0 saturated heterocycles. The van der Waals surface area contributed by atoms with E-state index in [0.29, 0.717) is 37.0 Å². The van der Waals surface area contributed by atoms with E-state index < -0.39 is 46.5 Å². The first-order chi connectivity index (χ1) is 25.3. The number of nitrogens with zero attached hydrogens (tertiary/aromatic N) is 6. The van der Waals surface area contributed by atoms with Crippen molar-refractivity contribution in [2.75, 3.05) is 0 Å². The second kappa shape index (κ2) is 13.7. The highest BCUT2D eigenvalue weighted by Gasteiger charge is 2.29. The molecule has 1 aliphatic rings. The lowest BCUT2D eigenvalue weighted by atomic mass is 9.90. The van der Waals surface area contributed by atoms with Gasteiger partial charge in [0.15, 0.2) is 5.65 Å². The quantitative estimate of drug-likeness (QED) is 0.196. The van der Waals surface area contributed by atoms with Crippen molar-refractivity contribution in [1.82, 2.24) is 33.7 Å². The lowest BCUT2D eigenvalue weighted by Crippen LogP contribution is -2.45. The predicted octanol–water partition coefficient (Wildman–Crippen LogP) is 6.33. The van der Waals surface area contributed by atoms with Crippen LogP contribution in [0.1, 0.15) is 68.5 Å². The van der Waals surface area contributed by atoms with Crippen LogP contribution in [0.4, 0.5) is 13.6 Å². The van der Waals surface area contributed by atoms with Gasteiger partial charge in [-0.05, 0) is 93.5 Å². The van der Waals surface area contributed by atoms with E-state index in [1.54, 1.807) is 18.2 Å². The van der Waals surface area contributed by atoms with E-state index >= 15 is 0 Å². The maximum Gasteiger partial charge on any atom is 0.408 e. The van der Waals surface area contributed by atoms with Crippen molar-refractivity contribution in [3.05, 3.63) is 129 Å². The fourth-order valence-electron chi connectivity index (χ4n) is 6.95. The minimum atomic E-state index is -1.01. The van der Waals surface area contributed by atoms with Crippen molar-refractivity contribution >= 4 is 28.7 Å². The van der Waals surface area contributed by atoms with Crippen molar-refractivity contribution < 1.29 is 23.5 Å². The zero-order valence-electron chi connectivity index (χ0n) is 29.3. The Morgan fingerprint density at radius 1 is 0.925 bits per heavy atom. The molecule has 12 nitrogen and oxygen atoms in total. The standard InChI is InChI=1S/C39H37F2N7O5/c1-39(2,3)46(38(52)53)20-23-7-9-24(10-8-23)25-5-4-6-30(17-25)47-34-31(18-27(41)19-42-34)36(50)48(37(47)51)29-14-12-28(13-15-29)43-35(49)32-22-45-21-26(40)11-16-33(45)44-32/h4-11,16-19,21-22,28-29H,12-15,20H2,1-3H3,(H,43,49)(H,52,53). The van der Waals surface area contributed by atoms with E-state index in [2.05, 4.69) is 15.3 Å². The maximum absolute atomic E-state index is 14.5. The van der Waals surface area contributed by atoms with Gasteiger partial charge in [-0.2, -0.15) is 0 Å². The zero-order chi connectivity index (χ0) is 37.6. The second-order valence-corrected chi connectivity index (χ2v) is 14.3. The molecule has 0 unspecified atom stereocenters. The van der Waals surface area contributed by atoms with Crippen LogP contribution in [-0.2, 0) is 6.54 Å². The van der Waals surface area contributed by atoms with Gasteiger partial charge in [-0.3, -0.25) is 19.1 Å². The van der Waals surface area contributed by atoms with Gasteiger partial charge >= 0.3 is 11.8 Å². The Labute approximate surface area is 302 Å². The molecule has 0 aliphatic heterocycles. The summed E-state index contributed by atoms with van der Waals surface area (Å²) >= 11 is 0. The van der Waals surface area contributed by atoms with E-state index in [4.69, 9.17) is 0 Å². The second-order valence-electron chi connectivity index (χ2n) is 14.3. The minimum absolute atomic E-state index is 0.0226. The molecule has 272 valence electrons. The highest BCUT2D eigenvalue weighted by atomic mass is 19.1. The van der Waals surface area contributed by atoms with E-state index in [0.717, 1.165) is 29.0 Å². The van der Waals surface area contributed by atoms with Crippen LogP contribution in [-0.4, -0.2) is 57.1 Å². The van der Waals surface area contributed by atoms with Gasteiger partial charge in [0.25, 0.3) is 11.5 Å². The molecule has 1 aliphatic carbocycles. The summed E-state index contributed by atoms with van der Waals surface area (Å²) in [5, 5.41) is 12.6. The lowest BCUT2D eigenvalue weighted by Gasteiger charge is -2.33. The van der Waals surface area contributed by atoms with Crippen LogP contribution in [0.2, 0.25) is 0 Å². The van der Waals surface area contributed by atoms with E-state index in [1.165, 1.54) is 43.0 Å². The van der Waals surface area contributed by atoms with E-state index in [1.807, 2.05) is 51.1 Å². The van der Waals surface area contributed by atoms with Gasteiger partial charge in [-0.1, -0.05) is 36.4 Å². The average Bonchev–Trinajstić information content (AvgIpc) is 3.55. The summed E-state index contributed by atoms with van der Waals surface area (Å²) in [6, 6.07) is 17.7. The highest BCUT2D eigenvalue weighted by Crippen LogP contribution is 2.29. The highest BCUT2D eigenvalue weighted by molar-refractivity contribution is 5.93. The van der Waals surface area contributed by atoms with Crippen LogP contribution in [0.5, 0.6) is 0 Å². The number of benzene rings is 2. The summed E-state index contributed by atoms with van der Waals surface area (Å²) in [6.45, 7) is 5.71. The number of imidazole rings is 1. The maximum atomic E-state index is 14.5. The molecule has 4 heterocycles. The molecule has 2 amide bonds. The summed E-state index contributed by atoms with van der Waals surface area (Å²) in [7, 11) is 0. The number of aromatic nitrogens is 5. The monoisotopic (exact) mass is 721 g/mol. The molecule has 0 bridgehead atoms. The van der Waals surface area contributed by atoms with Crippen molar-refractivity contribution in [1.29, 1.82) is 0 Å². The number of carbonyl (C=O) groups excluding carboxylic acids is 1. The molecule has 2 N–H and O–H groups in total. The summed E-state index contributed by atoms with van der Waals surface area (Å²) in [5.74, 6) is -1.58. The number of halogens is 2. The molecular weight excluding hydrogens is 684 g/mol. The average molecular weight is 722 g/mol. The summed E-state index contributed by atoms with van der Waals surface area (Å²) in [4.78, 5) is 62.8. The topological polar surface area (TPSA) is 144 Å². The molecule has 4 aromatic heterocycles. The van der Waals surface area contributed by atoms with Crippen LogP contribution >= 0.6 is 0 Å². The van der Waals surface area contributed by atoms with Gasteiger partial charge in [0.2, 0.25) is 0 Å². The molecule has 0 atom stereocenters. The Bertz CT molecular complexity index is 2490. The molecular formula is C39H37F2N7O5. The number of hydrogen-bond acceptors (Lipinski definition) is 6. The van der Waals surface area contributed by atoms with Crippen molar-refractivity contribution in [2.24, 2.45) is 0 Å². The molecule has 14 heteroatoms. The Morgan fingerprint density at radius 3 is 2.36 bits per heavy atom. The van der Waals surface area contributed by atoms with Crippen LogP contribution in [0, 0.1) is 11.6 Å². The molecule has 7 rings (SSSR count).